The molecule has 5 heteroatoms. The van der Waals surface area contributed by atoms with Crippen LogP contribution < -0.4 is 9.47 Å². The van der Waals surface area contributed by atoms with Gasteiger partial charge in [0.05, 0.1) is 14.2 Å². The summed E-state index contributed by atoms with van der Waals surface area (Å²) in [5.74, 6) is 3.53. The van der Waals surface area contributed by atoms with Gasteiger partial charge in [-0.15, -0.1) is 23.5 Å². The van der Waals surface area contributed by atoms with Crippen molar-refractivity contribution in [2.75, 3.05) is 14.2 Å². The summed E-state index contributed by atoms with van der Waals surface area (Å²) >= 11 is 8.82. The first-order valence-electron chi connectivity index (χ1n) is 6.76. The minimum Gasteiger partial charge on any atom is -0.497 e. The molecule has 0 aliphatic carbocycles. The van der Waals surface area contributed by atoms with Gasteiger partial charge in [-0.3, -0.25) is 0 Å². The number of hydrogen-bond donors (Lipinski definition) is 0. The molecule has 0 N–H and O–H groups in total. The molecule has 0 bridgehead atoms. The second-order valence-electron chi connectivity index (χ2n) is 4.52. The Morgan fingerprint density at radius 1 is 0.773 bits per heavy atom. The zero-order valence-corrected chi connectivity index (χ0v) is 15.0. The van der Waals surface area contributed by atoms with E-state index in [1.807, 2.05) is 24.3 Å². The molecule has 0 atom stereocenters. The molecule has 2 nitrogen and oxygen atoms in total. The van der Waals surface area contributed by atoms with Gasteiger partial charge in [-0.05, 0) is 35.4 Å². The molecular formula is C17H18O2S3. The highest BCUT2D eigenvalue weighted by Crippen LogP contribution is 2.26. The van der Waals surface area contributed by atoms with Gasteiger partial charge in [0.15, 0.2) is 0 Å². The van der Waals surface area contributed by atoms with Crippen LogP contribution in [-0.4, -0.2) is 17.7 Å². The first-order valence-corrected chi connectivity index (χ1v) is 9.14. The highest BCUT2D eigenvalue weighted by molar-refractivity contribution is 8.46. The van der Waals surface area contributed by atoms with E-state index < -0.39 is 0 Å². The van der Waals surface area contributed by atoms with Crippen molar-refractivity contribution in [3.63, 3.8) is 0 Å². The topological polar surface area (TPSA) is 18.5 Å². The summed E-state index contributed by atoms with van der Waals surface area (Å²) in [5, 5.41) is 0. The lowest BCUT2D eigenvalue weighted by Crippen LogP contribution is -1.89. The van der Waals surface area contributed by atoms with Gasteiger partial charge in [-0.25, -0.2) is 0 Å². The summed E-state index contributed by atoms with van der Waals surface area (Å²) in [7, 11) is 3.35. The second kappa shape index (κ2) is 9.08. The van der Waals surface area contributed by atoms with Crippen molar-refractivity contribution in [2.45, 2.75) is 11.5 Å². The smallest absolute Gasteiger partial charge is 0.118 e. The lowest BCUT2D eigenvalue weighted by atomic mass is 10.2. The average Bonchev–Trinajstić information content (AvgIpc) is 2.59. The van der Waals surface area contributed by atoms with Gasteiger partial charge in [-0.2, -0.15) is 0 Å². The molecule has 22 heavy (non-hydrogen) atoms. The van der Waals surface area contributed by atoms with Crippen LogP contribution in [0.2, 0.25) is 0 Å². The SMILES string of the molecule is COc1ccc(CSC(=S)SCc2ccc(OC)cc2)cc1. The van der Waals surface area contributed by atoms with E-state index in [-0.39, 0.29) is 0 Å². The Morgan fingerprint density at radius 3 is 1.45 bits per heavy atom. The minimum absolute atomic E-state index is 0.880. The number of ether oxygens (including phenoxy) is 2. The molecule has 116 valence electrons. The number of methoxy groups -OCH3 is 2. The van der Waals surface area contributed by atoms with E-state index in [0.717, 1.165) is 26.5 Å². The third-order valence-corrected chi connectivity index (χ3v) is 5.87. The van der Waals surface area contributed by atoms with Gasteiger partial charge in [0.2, 0.25) is 0 Å². The monoisotopic (exact) mass is 350 g/mol. The van der Waals surface area contributed by atoms with Crippen LogP contribution in [0.25, 0.3) is 0 Å². The third-order valence-electron chi connectivity index (χ3n) is 3.03. The van der Waals surface area contributed by atoms with Gasteiger partial charge >= 0.3 is 0 Å². The zero-order valence-electron chi connectivity index (χ0n) is 12.6. The summed E-state index contributed by atoms with van der Waals surface area (Å²) in [6.45, 7) is 0. The summed E-state index contributed by atoms with van der Waals surface area (Å²) < 4.78 is 11.3. The number of thioether (sulfide) groups is 2. The lowest BCUT2D eigenvalue weighted by Gasteiger charge is -2.06. The maximum absolute atomic E-state index is 5.43. The van der Waals surface area contributed by atoms with Crippen molar-refractivity contribution >= 4 is 39.3 Å². The van der Waals surface area contributed by atoms with Crippen molar-refractivity contribution in [1.29, 1.82) is 0 Å². The predicted octanol–water partition coefficient (Wildman–Crippen LogP) is 5.16. The van der Waals surface area contributed by atoms with Gasteiger partial charge in [-0.1, -0.05) is 36.5 Å². The van der Waals surface area contributed by atoms with Crippen LogP contribution in [0.5, 0.6) is 11.5 Å². The van der Waals surface area contributed by atoms with Gasteiger partial charge in [0.1, 0.15) is 15.0 Å². The van der Waals surface area contributed by atoms with E-state index in [1.54, 1.807) is 37.7 Å². The van der Waals surface area contributed by atoms with Crippen LogP contribution >= 0.6 is 35.7 Å². The Labute approximate surface area is 145 Å². The zero-order chi connectivity index (χ0) is 15.8. The maximum atomic E-state index is 5.43. The van der Waals surface area contributed by atoms with Gasteiger partial charge in [0, 0.05) is 11.5 Å². The van der Waals surface area contributed by atoms with Crippen LogP contribution in [0.15, 0.2) is 48.5 Å². The third kappa shape index (κ3) is 5.55. The fraction of sp³-hybridized carbons (Fsp3) is 0.235. The number of rotatable bonds is 6. The van der Waals surface area contributed by atoms with E-state index in [4.69, 9.17) is 21.7 Å². The minimum atomic E-state index is 0.880. The standard InChI is InChI=1S/C17H18O2S3/c1-18-15-7-3-13(4-8-15)11-21-17(20)22-12-14-5-9-16(19-2)10-6-14/h3-10H,11-12H2,1-2H3. The molecular weight excluding hydrogens is 332 g/mol. The maximum Gasteiger partial charge on any atom is 0.118 e. The van der Waals surface area contributed by atoms with Crippen LogP contribution in [0, 0.1) is 0 Å². The van der Waals surface area contributed by atoms with Crippen LogP contribution in [0.3, 0.4) is 0 Å². The van der Waals surface area contributed by atoms with Crippen LogP contribution in [0.1, 0.15) is 11.1 Å². The number of benzene rings is 2. The fourth-order valence-electron chi connectivity index (χ4n) is 1.77. The second-order valence-corrected chi connectivity index (χ2v) is 7.68. The molecule has 0 heterocycles. The highest BCUT2D eigenvalue weighted by atomic mass is 32.2. The molecule has 0 aromatic heterocycles. The van der Waals surface area contributed by atoms with Crippen molar-refractivity contribution in [3.05, 3.63) is 59.7 Å². The molecule has 2 aromatic rings. The van der Waals surface area contributed by atoms with E-state index in [1.165, 1.54) is 11.1 Å². The molecule has 0 fully saturated rings. The van der Waals surface area contributed by atoms with Crippen molar-refractivity contribution in [3.8, 4) is 11.5 Å². The van der Waals surface area contributed by atoms with Crippen LogP contribution in [-0.2, 0) is 11.5 Å². The average molecular weight is 351 g/mol. The molecule has 0 aliphatic heterocycles. The lowest BCUT2D eigenvalue weighted by molar-refractivity contribution is 0.414. The molecule has 0 aliphatic rings. The Hall–Kier alpha value is -1.17. The molecule has 0 spiro atoms. The largest absolute Gasteiger partial charge is 0.497 e. The molecule has 2 aromatic carbocycles. The highest BCUT2D eigenvalue weighted by Gasteiger charge is 2.02. The molecule has 0 unspecified atom stereocenters. The molecule has 0 amide bonds. The first-order chi connectivity index (χ1) is 10.7. The number of thiocarbonyl (C=S) groups is 1. The summed E-state index contributed by atoms with van der Waals surface area (Å²) in [5.41, 5.74) is 2.50. The fourth-order valence-corrected chi connectivity index (χ4v) is 3.76. The Kier molecular flexibility index (Phi) is 7.09. The van der Waals surface area contributed by atoms with E-state index in [9.17, 15) is 0 Å². The molecule has 0 saturated heterocycles. The van der Waals surface area contributed by atoms with Crippen molar-refractivity contribution in [1.82, 2.24) is 0 Å². The van der Waals surface area contributed by atoms with E-state index >= 15 is 0 Å². The van der Waals surface area contributed by atoms with Crippen molar-refractivity contribution in [2.24, 2.45) is 0 Å². The number of hydrogen-bond acceptors (Lipinski definition) is 5. The molecule has 2 rings (SSSR count). The van der Waals surface area contributed by atoms with Gasteiger partial charge in [0.25, 0.3) is 0 Å². The Balaban J connectivity index is 1.74. The predicted molar refractivity (Wildman–Crippen MR) is 101 cm³/mol. The Bertz CT molecular complexity index is 541. The first kappa shape index (κ1) is 17.2. The molecule has 0 saturated carbocycles. The van der Waals surface area contributed by atoms with Crippen LogP contribution in [0.4, 0.5) is 0 Å². The Morgan fingerprint density at radius 2 is 1.14 bits per heavy atom. The quantitative estimate of drug-likeness (QED) is 0.668. The van der Waals surface area contributed by atoms with E-state index in [2.05, 4.69) is 24.3 Å². The summed E-state index contributed by atoms with van der Waals surface area (Å²) in [6, 6.07) is 16.2. The van der Waals surface area contributed by atoms with Gasteiger partial charge < -0.3 is 9.47 Å². The summed E-state index contributed by atoms with van der Waals surface area (Å²) in [4.78, 5) is 0. The van der Waals surface area contributed by atoms with Crippen molar-refractivity contribution < 1.29 is 9.47 Å². The molecule has 0 radical (unpaired) electrons. The normalized spacial score (nSPS) is 10.3. The summed E-state index contributed by atoms with van der Waals surface area (Å²) in [6.07, 6.45) is 0. The van der Waals surface area contributed by atoms with E-state index in [0.29, 0.717) is 0 Å².